The second kappa shape index (κ2) is 9.05. The standard InChI is InChI=1S/C16H15F.C10H11Br/c17-14-10-8-13(9-11-14)16-7-3-5-12-4-1-2-6-15(12)16;11-10-7-3-5-8-4-1-2-6-9(8)10/h3,5,7-11H,1-2,4,6H2;3,5,7H,1-2,4,6H2. The maximum atomic E-state index is 12.9. The normalized spacial score (nSPS) is 15.1. The highest BCUT2D eigenvalue weighted by molar-refractivity contribution is 9.10. The van der Waals surface area contributed by atoms with Crippen molar-refractivity contribution >= 4 is 15.9 Å². The van der Waals surface area contributed by atoms with E-state index in [9.17, 15) is 4.39 Å². The Morgan fingerprint density at radius 3 is 1.86 bits per heavy atom. The molecule has 0 saturated carbocycles. The largest absolute Gasteiger partial charge is 0.207 e. The van der Waals surface area contributed by atoms with E-state index in [1.807, 2.05) is 12.1 Å². The molecule has 0 radical (unpaired) electrons. The van der Waals surface area contributed by atoms with Crippen molar-refractivity contribution in [2.75, 3.05) is 0 Å². The van der Waals surface area contributed by atoms with Gasteiger partial charge in [-0.2, -0.15) is 0 Å². The third-order valence-corrected chi connectivity index (χ3v) is 6.63. The quantitative estimate of drug-likeness (QED) is 0.366. The van der Waals surface area contributed by atoms with Crippen LogP contribution in [0.2, 0.25) is 0 Å². The molecule has 2 heteroatoms. The van der Waals surface area contributed by atoms with Crippen LogP contribution in [0.25, 0.3) is 11.1 Å². The summed E-state index contributed by atoms with van der Waals surface area (Å²) in [6.07, 6.45) is 10.2. The zero-order valence-electron chi connectivity index (χ0n) is 16.2. The Morgan fingerprint density at radius 1 is 0.607 bits per heavy atom. The van der Waals surface area contributed by atoms with Crippen LogP contribution in [0.15, 0.2) is 65.1 Å². The Kier molecular flexibility index (Phi) is 6.26. The van der Waals surface area contributed by atoms with Gasteiger partial charge in [-0.3, -0.25) is 0 Å². The Hall–Kier alpha value is -1.93. The third kappa shape index (κ3) is 4.38. The Labute approximate surface area is 175 Å². The van der Waals surface area contributed by atoms with Crippen molar-refractivity contribution < 1.29 is 4.39 Å². The van der Waals surface area contributed by atoms with E-state index in [1.54, 1.807) is 11.1 Å². The van der Waals surface area contributed by atoms with Crippen LogP contribution >= 0.6 is 15.9 Å². The van der Waals surface area contributed by atoms with Crippen LogP contribution < -0.4 is 0 Å². The van der Waals surface area contributed by atoms with Crippen molar-refractivity contribution in [1.82, 2.24) is 0 Å². The number of hydrogen-bond donors (Lipinski definition) is 0. The van der Waals surface area contributed by atoms with Gasteiger partial charge in [0.15, 0.2) is 0 Å². The van der Waals surface area contributed by atoms with Crippen LogP contribution in [0.4, 0.5) is 4.39 Å². The van der Waals surface area contributed by atoms with Gasteiger partial charge in [-0.15, -0.1) is 0 Å². The average Bonchev–Trinajstić information content (AvgIpc) is 2.75. The second-order valence-electron chi connectivity index (χ2n) is 7.74. The Morgan fingerprint density at radius 2 is 1.18 bits per heavy atom. The third-order valence-electron chi connectivity index (χ3n) is 5.89. The molecule has 3 aromatic rings. The number of benzene rings is 3. The lowest BCUT2D eigenvalue weighted by molar-refractivity contribution is 0.628. The monoisotopic (exact) mass is 436 g/mol. The molecule has 144 valence electrons. The van der Waals surface area contributed by atoms with Gasteiger partial charge in [0.2, 0.25) is 0 Å². The Bertz CT molecular complexity index is 943. The van der Waals surface area contributed by atoms with E-state index < -0.39 is 0 Å². The molecule has 28 heavy (non-hydrogen) atoms. The van der Waals surface area contributed by atoms with E-state index in [-0.39, 0.29) is 5.82 Å². The molecule has 0 spiro atoms. The van der Waals surface area contributed by atoms with Gasteiger partial charge < -0.3 is 0 Å². The average molecular weight is 437 g/mol. The van der Waals surface area contributed by atoms with E-state index in [0.29, 0.717) is 0 Å². The summed E-state index contributed by atoms with van der Waals surface area (Å²) in [6, 6.07) is 19.8. The van der Waals surface area contributed by atoms with Gasteiger partial charge in [-0.05, 0) is 103 Å². The molecule has 0 fully saturated rings. The van der Waals surface area contributed by atoms with Crippen molar-refractivity contribution in [2.45, 2.75) is 51.4 Å². The molecule has 0 aliphatic heterocycles. The molecular formula is C26H26BrF. The number of halogens is 2. The van der Waals surface area contributed by atoms with E-state index in [4.69, 9.17) is 0 Å². The lowest BCUT2D eigenvalue weighted by atomic mass is 9.86. The van der Waals surface area contributed by atoms with Crippen LogP contribution in [0.3, 0.4) is 0 Å². The molecule has 0 atom stereocenters. The summed E-state index contributed by atoms with van der Waals surface area (Å²) >= 11 is 3.58. The van der Waals surface area contributed by atoms with Gasteiger partial charge in [0.25, 0.3) is 0 Å². The highest BCUT2D eigenvalue weighted by Crippen LogP contribution is 2.31. The molecule has 0 unspecified atom stereocenters. The molecule has 2 aliphatic rings. The number of hydrogen-bond acceptors (Lipinski definition) is 0. The lowest BCUT2D eigenvalue weighted by Gasteiger charge is -2.19. The summed E-state index contributed by atoms with van der Waals surface area (Å²) < 4.78 is 14.2. The maximum absolute atomic E-state index is 12.9. The maximum Gasteiger partial charge on any atom is 0.123 e. The van der Waals surface area contributed by atoms with Gasteiger partial charge in [-0.25, -0.2) is 4.39 Å². The van der Waals surface area contributed by atoms with Gasteiger partial charge in [0.1, 0.15) is 5.82 Å². The fourth-order valence-electron chi connectivity index (χ4n) is 4.42. The van der Waals surface area contributed by atoms with Gasteiger partial charge in [-0.1, -0.05) is 58.4 Å². The van der Waals surface area contributed by atoms with E-state index in [1.165, 1.54) is 78.2 Å². The van der Waals surface area contributed by atoms with Crippen molar-refractivity contribution in [3.8, 4) is 11.1 Å². The van der Waals surface area contributed by atoms with Gasteiger partial charge in [0, 0.05) is 4.47 Å². The minimum Gasteiger partial charge on any atom is -0.207 e. The molecule has 0 aromatic heterocycles. The van der Waals surface area contributed by atoms with E-state index >= 15 is 0 Å². The number of aryl methyl sites for hydroxylation is 2. The molecule has 0 nitrogen and oxygen atoms in total. The predicted molar refractivity (Wildman–Crippen MR) is 119 cm³/mol. The van der Waals surface area contributed by atoms with Crippen LogP contribution in [-0.4, -0.2) is 0 Å². The molecule has 0 amide bonds. The first-order chi connectivity index (χ1) is 13.7. The highest BCUT2D eigenvalue weighted by Gasteiger charge is 2.13. The SMILES string of the molecule is Brc1cccc2c1CCCC2.Fc1ccc(-c2cccc3c2CCCC3)cc1. The molecule has 3 aromatic carbocycles. The summed E-state index contributed by atoms with van der Waals surface area (Å²) in [5.41, 5.74) is 8.43. The van der Waals surface area contributed by atoms with E-state index in [2.05, 4.69) is 52.3 Å². The van der Waals surface area contributed by atoms with Crippen molar-refractivity contribution in [3.05, 3.63) is 93.2 Å². The molecule has 0 saturated heterocycles. The lowest BCUT2D eigenvalue weighted by Crippen LogP contribution is -2.04. The highest BCUT2D eigenvalue weighted by atomic mass is 79.9. The molecular weight excluding hydrogens is 411 g/mol. The predicted octanol–water partition coefficient (Wildman–Crippen LogP) is 7.70. The zero-order valence-corrected chi connectivity index (χ0v) is 17.8. The Balaban J connectivity index is 0.000000151. The van der Waals surface area contributed by atoms with Crippen LogP contribution in [0.1, 0.15) is 47.9 Å². The first kappa shape index (κ1) is 19.4. The zero-order chi connectivity index (χ0) is 19.3. The topological polar surface area (TPSA) is 0 Å². The minimum atomic E-state index is -0.168. The second-order valence-corrected chi connectivity index (χ2v) is 8.60. The van der Waals surface area contributed by atoms with Crippen LogP contribution in [0.5, 0.6) is 0 Å². The summed E-state index contributed by atoms with van der Waals surface area (Å²) in [5, 5.41) is 0. The number of rotatable bonds is 1. The summed E-state index contributed by atoms with van der Waals surface area (Å²) in [7, 11) is 0. The fraction of sp³-hybridized carbons (Fsp3) is 0.308. The molecule has 0 bridgehead atoms. The summed E-state index contributed by atoms with van der Waals surface area (Å²) in [6.45, 7) is 0. The van der Waals surface area contributed by atoms with Crippen molar-refractivity contribution in [1.29, 1.82) is 0 Å². The van der Waals surface area contributed by atoms with Gasteiger partial charge >= 0.3 is 0 Å². The van der Waals surface area contributed by atoms with Crippen LogP contribution in [-0.2, 0) is 25.7 Å². The van der Waals surface area contributed by atoms with Gasteiger partial charge in [0.05, 0.1) is 0 Å². The van der Waals surface area contributed by atoms with Crippen molar-refractivity contribution in [3.63, 3.8) is 0 Å². The first-order valence-electron chi connectivity index (χ1n) is 10.4. The molecule has 0 N–H and O–H groups in total. The number of fused-ring (bicyclic) bond motifs is 2. The molecule has 0 heterocycles. The first-order valence-corrected chi connectivity index (χ1v) is 11.1. The smallest absolute Gasteiger partial charge is 0.123 e. The fourth-order valence-corrected chi connectivity index (χ4v) is 5.02. The summed E-state index contributed by atoms with van der Waals surface area (Å²) in [4.78, 5) is 0. The molecule has 2 aliphatic carbocycles. The summed E-state index contributed by atoms with van der Waals surface area (Å²) in [5.74, 6) is -0.168. The van der Waals surface area contributed by atoms with Crippen LogP contribution in [0, 0.1) is 5.82 Å². The van der Waals surface area contributed by atoms with Crippen molar-refractivity contribution in [2.24, 2.45) is 0 Å². The molecule has 5 rings (SSSR count). The minimum absolute atomic E-state index is 0.168. The van der Waals surface area contributed by atoms with E-state index in [0.717, 1.165) is 12.0 Å².